The monoisotopic (exact) mass is 1710 g/mol. The second-order valence-corrected chi connectivity index (χ2v) is 31.7. The largest absolute Gasteiger partial charge is 0.508 e. The third-order valence-corrected chi connectivity index (χ3v) is 22.6. The molecule has 2 saturated heterocycles. The van der Waals surface area contributed by atoms with Gasteiger partial charge in [0.05, 0.1) is 31.8 Å². The van der Waals surface area contributed by atoms with Gasteiger partial charge in [-0.2, -0.15) is 0 Å². The molecule has 0 radical (unpaired) electrons. The van der Waals surface area contributed by atoms with Gasteiger partial charge in [0.15, 0.2) is 17.9 Å². The number of amides is 13. The van der Waals surface area contributed by atoms with Crippen molar-refractivity contribution >= 4 is 112 Å². The number of nitrogens with one attached hydrogen (secondary N) is 16. The highest BCUT2D eigenvalue weighted by Gasteiger charge is 2.52. The highest BCUT2D eigenvalue weighted by atomic mass is 32.1. The molecule has 41 nitrogen and oxygen atoms in total. The smallest absolute Gasteiger partial charge is 0.326 e. The van der Waals surface area contributed by atoms with Gasteiger partial charge in [0.2, 0.25) is 76.8 Å². The molecule has 13 amide bonds. The van der Waals surface area contributed by atoms with Crippen LogP contribution < -0.4 is 97.8 Å². The molecule has 1 aromatic heterocycles. The van der Waals surface area contributed by atoms with E-state index in [9.17, 15) is 72.9 Å². The van der Waals surface area contributed by atoms with E-state index in [0.717, 1.165) is 12.8 Å². The number of fused-ring (bicyclic) bond motifs is 2. The van der Waals surface area contributed by atoms with Gasteiger partial charge in [-0.05, 0) is 136 Å². The van der Waals surface area contributed by atoms with Crippen molar-refractivity contribution in [3.05, 3.63) is 124 Å². The molecule has 4 aliphatic rings. The van der Waals surface area contributed by atoms with Crippen LogP contribution in [0.1, 0.15) is 118 Å². The average Bonchev–Trinajstić information content (AvgIpc) is 1.58. The van der Waals surface area contributed by atoms with Crippen LogP contribution in [0, 0.1) is 22.1 Å². The number of carbonyl (C=O) groups is 14. The van der Waals surface area contributed by atoms with Crippen molar-refractivity contribution in [3.8, 4) is 5.75 Å². The summed E-state index contributed by atoms with van der Waals surface area (Å²) >= 11 is 1.21. The molecule has 3 aromatic carbocycles. The van der Waals surface area contributed by atoms with Crippen LogP contribution in [0.4, 0.5) is 0 Å². The Morgan fingerprint density at radius 2 is 1.05 bits per heavy atom. The van der Waals surface area contributed by atoms with Gasteiger partial charge in [0, 0.05) is 69.4 Å². The molecule has 0 spiro atoms. The molecule has 4 heterocycles. The van der Waals surface area contributed by atoms with Crippen LogP contribution in [0.15, 0.2) is 96.4 Å². The van der Waals surface area contributed by atoms with Crippen molar-refractivity contribution in [3.63, 3.8) is 0 Å². The molecule has 5 unspecified atom stereocenters. The number of guanidine groups is 3. The Morgan fingerprint density at radius 3 is 1.67 bits per heavy atom. The molecule has 3 fully saturated rings. The number of aromatic hydroxyl groups is 1. The van der Waals surface area contributed by atoms with Gasteiger partial charge in [0.25, 0.3) is 0 Å². The minimum absolute atomic E-state index is 0.00744. The minimum atomic E-state index is -1.82. The van der Waals surface area contributed by atoms with E-state index in [1.165, 1.54) is 45.1 Å². The number of hydrogen-bond acceptors (Lipinski definition) is 22. The van der Waals surface area contributed by atoms with Crippen molar-refractivity contribution in [1.82, 2.24) is 83.8 Å². The molecule has 4 aromatic rings. The number of phenols is 1. The van der Waals surface area contributed by atoms with Gasteiger partial charge >= 0.3 is 5.97 Å². The molecule has 1 saturated carbocycles. The van der Waals surface area contributed by atoms with E-state index in [2.05, 4.69) is 69.1 Å². The van der Waals surface area contributed by atoms with Gasteiger partial charge in [-0.1, -0.05) is 85.6 Å². The first-order valence-electron chi connectivity index (χ1n) is 40.7. The number of phenolic OH excluding ortho intramolecular Hbond substituents is 1. The summed E-state index contributed by atoms with van der Waals surface area (Å²) in [5.74, 6) is -13.5. The van der Waals surface area contributed by atoms with E-state index in [1.807, 2.05) is 0 Å². The summed E-state index contributed by atoms with van der Waals surface area (Å²) in [5.41, 5.74) is 31.2. The molecular formula is C80H114N24O17S. The van der Waals surface area contributed by atoms with Gasteiger partial charge in [-0.15, -0.1) is 11.3 Å². The van der Waals surface area contributed by atoms with Gasteiger partial charge < -0.3 is 128 Å². The van der Waals surface area contributed by atoms with Crippen molar-refractivity contribution in [2.75, 3.05) is 52.4 Å². The molecule has 14 atom stereocenters. The van der Waals surface area contributed by atoms with Crippen LogP contribution in [0.25, 0.3) is 0 Å². The normalized spacial score (nSPS) is 18.7. The fourth-order valence-electron chi connectivity index (χ4n) is 15.3. The Bertz CT molecular complexity index is 4360. The molecule has 662 valence electrons. The number of hydrogen-bond donors (Lipinski definition) is 24. The maximum Gasteiger partial charge on any atom is 0.326 e. The zero-order valence-corrected chi connectivity index (χ0v) is 68.7. The zero-order chi connectivity index (χ0) is 88.7. The maximum absolute atomic E-state index is 15.6. The quantitative estimate of drug-likeness (QED) is 0.0112. The first-order chi connectivity index (χ1) is 58.3. The van der Waals surface area contributed by atoms with Gasteiger partial charge in [-0.3, -0.25) is 78.6 Å². The molecule has 3 aliphatic heterocycles. The van der Waals surface area contributed by atoms with Gasteiger partial charge in [0.1, 0.15) is 66.2 Å². The lowest BCUT2D eigenvalue weighted by Gasteiger charge is -2.42. The third kappa shape index (κ3) is 28.6. The van der Waals surface area contributed by atoms with Crippen molar-refractivity contribution < 1.29 is 82.4 Å². The number of aliphatic hydroxyl groups excluding tert-OH is 1. The summed E-state index contributed by atoms with van der Waals surface area (Å²) in [7, 11) is 0. The van der Waals surface area contributed by atoms with E-state index in [0.29, 0.717) is 46.4 Å². The number of rotatable bonds is 44. The fraction of sp³-hybridized carbons (Fsp3) is 0.512. The Morgan fingerprint density at radius 1 is 0.500 bits per heavy atom. The number of carbonyl (C=O) groups excluding carboxylic acids is 13. The van der Waals surface area contributed by atoms with Crippen molar-refractivity contribution in [2.24, 2.45) is 34.6 Å². The van der Waals surface area contributed by atoms with Crippen LogP contribution in [0.3, 0.4) is 0 Å². The lowest BCUT2D eigenvalue weighted by atomic mass is 9.84. The van der Waals surface area contributed by atoms with E-state index in [-0.39, 0.29) is 139 Å². The maximum atomic E-state index is 15.6. The van der Waals surface area contributed by atoms with E-state index in [4.69, 9.17) is 44.9 Å². The Kier molecular flexibility index (Phi) is 36.4. The van der Waals surface area contributed by atoms with Crippen molar-refractivity contribution in [2.45, 2.75) is 201 Å². The SMILES string of the molecule is C[C@@H](NC(=O)[C@@H](N)Cc1ccc(O)cc1)C(=O)NCC(=O)N[C@@H](Cc1ccccc1)C(=O)NCC(NC(=O)[C@@H]1CCCN1C(=O)[C@H](CCCNC(=N)N)NC(=O)[C@@H](N)CCCNC(=N)N)C(=O)NCC(=O)NC(Cc1cccs1)C(=O)N[C@@H](CO)C(=O)N1Cc2ccccc2C[C@@H]1C(=O)N1C(C(=O)N[C@@H](CCCNC(=N)N)C(=O)O)CC2CCCCC21. The highest BCUT2D eigenvalue weighted by Crippen LogP contribution is 2.41. The summed E-state index contributed by atoms with van der Waals surface area (Å²) in [6.07, 6.45) is 3.54. The molecule has 42 heteroatoms. The van der Waals surface area contributed by atoms with Crippen LogP contribution in [0.2, 0.25) is 0 Å². The van der Waals surface area contributed by atoms with Crippen LogP contribution in [-0.2, 0) is 99.4 Å². The molecule has 122 heavy (non-hydrogen) atoms. The van der Waals surface area contributed by atoms with Gasteiger partial charge in [-0.25, -0.2) is 4.79 Å². The topological polar surface area (TPSA) is 667 Å². The number of carboxylic acids is 1. The predicted molar refractivity (Wildman–Crippen MR) is 447 cm³/mol. The molecule has 29 N–H and O–H groups in total. The zero-order valence-electron chi connectivity index (χ0n) is 67.9. The first kappa shape index (κ1) is 94.9. The standard InChI is InChI=1S/C80H114N24O17S/c1-44(95-68(111)53(82)34-46-25-27-50(106)28-26-46)66(109)93-40-64(107)96-56(35-45-14-3-2-4-15-45)69(112)92-39-58(100-72(115)61-24-12-32-102(61)74(117)54(21-10-30-90-79(85)86)98-67(110)52(81)20-9-29-89-78(83)84)70(113)94-41-65(108)97-57(38-51-19-13-33-122-51)71(114)101-59(43-105)75(118)103-42-49-18-6-5-16-47(49)36-63(103)76(119)104-60-23-8-7-17-48(60)37-62(104)73(116)99-55(77(120)121)22-11-31-91-80(87)88/h2-6,13-16,18-19,25-28,33,44,48,52-63,105-106H,7-12,17,20-24,29-32,34-43,81-82H2,1H3,(H,92,112)(H,93,109)(H,94,113)(H,95,111)(H,96,107)(H,97,108)(H,98,110)(H,99,116)(H,100,115)(H,101,114)(H,120,121)(H4,83,84,89)(H4,85,86,90)(H4,87,88,91)/t44-,48?,52+,53+,54+,55+,56+,57?,58?,59+,60?,61+,62?,63-/m1/s1. The van der Waals surface area contributed by atoms with Crippen LogP contribution >= 0.6 is 11.3 Å². The number of aliphatic carboxylic acids is 1. The summed E-state index contributed by atoms with van der Waals surface area (Å²) < 4.78 is 0. The second-order valence-electron chi connectivity index (χ2n) is 30.7. The summed E-state index contributed by atoms with van der Waals surface area (Å²) in [6.45, 7) is -1.83. The number of thiophene rings is 1. The molecule has 0 bridgehead atoms. The van der Waals surface area contributed by atoms with Crippen LogP contribution in [0.5, 0.6) is 5.75 Å². The average molecular weight is 1720 g/mol. The van der Waals surface area contributed by atoms with E-state index in [1.54, 1.807) is 84.2 Å². The second kappa shape index (κ2) is 46.9. The van der Waals surface area contributed by atoms with E-state index >= 15 is 9.59 Å². The number of aliphatic hydroxyl groups is 1. The molecule has 1 aliphatic carbocycles. The summed E-state index contributed by atoms with van der Waals surface area (Å²) in [5, 5.41) is 88.7. The van der Waals surface area contributed by atoms with Crippen LogP contribution in [-0.4, -0.2) is 262 Å². The molecule has 8 rings (SSSR count). The Balaban J connectivity index is 1.01. The lowest BCUT2D eigenvalue weighted by Crippen LogP contribution is -2.63. The third-order valence-electron chi connectivity index (χ3n) is 21.7. The van der Waals surface area contributed by atoms with E-state index < -0.39 is 188 Å². The summed E-state index contributed by atoms with van der Waals surface area (Å²) in [6, 6.07) is 7.77. The Labute approximate surface area is 708 Å². The lowest BCUT2D eigenvalue weighted by molar-refractivity contribution is -0.153. The number of nitrogens with two attached hydrogens (primary N) is 5. The first-order valence-corrected chi connectivity index (χ1v) is 41.5. The number of likely N-dealkylation sites (tertiary alicyclic amines) is 2. The van der Waals surface area contributed by atoms with Crippen molar-refractivity contribution in [1.29, 1.82) is 16.2 Å². The number of nitrogens with zero attached hydrogens (tertiary/aromatic N) is 3. The fourth-order valence-corrected chi connectivity index (χ4v) is 16.0. The summed E-state index contributed by atoms with van der Waals surface area (Å²) in [4.78, 5) is 204. The molecular weight excluding hydrogens is 1600 g/mol. The Hall–Kier alpha value is -12.6. The number of carboxylic acid groups (broad SMARTS) is 1. The number of benzene rings is 3. The highest BCUT2D eigenvalue weighted by molar-refractivity contribution is 7.09. The minimum Gasteiger partial charge on any atom is -0.508 e. The predicted octanol–water partition coefficient (Wildman–Crippen LogP) is -5.13.